The molecule has 3 rings (SSSR count). The Morgan fingerprint density at radius 2 is 1.68 bits per heavy atom. The van der Waals surface area contributed by atoms with Crippen LogP contribution in [0.5, 0.6) is 0 Å². The number of carbonyl (C=O) groups is 1. The van der Waals surface area contributed by atoms with E-state index in [1.165, 1.54) is 22.5 Å². The first-order valence-electron chi connectivity index (χ1n) is 9.89. The van der Waals surface area contributed by atoms with E-state index in [1.807, 2.05) is 0 Å². The van der Waals surface area contributed by atoms with E-state index in [0.717, 1.165) is 24.8 Å². The second-order valence-electron chi connectivity index (χ2n) is 7.12. The first-order chi connectivity index (χ1) is 14.8. The molecular weight excluding hydrogens is 499 g/mol. The van der Waals surface area contributed by atoms with E-state index < -0.39 is 15.9 Å². The molecule has 1 amide bonds. The van der Waals surface area contributed by atoms with Crippen molar-refractivity contribution in [3.05, 3.63) is 62.6 Å². The van der Waals surface area contributed by atoms with Crippen molar-refractivity contribution in [3.63, 3.8) is 0 Å². The van der Waals surface area contributed by atoms with E-state index in [4.69, 9.17) is 34.8 Å². The molecule has 168 valence electrons. The van der Waals surface area contributed by atoms with Gasteiger partial charge in [-0.2, -0.15) is 16.1 Å². The Morgan fingerprint density at radius 1 is 1.00 bits per heavy atom. The number of nitrogens with zero attached hydrogens (tertiary/aromatic N) is 1. The molecule has 2 aromatic rings. The number of sulfonamides is 1. The molecule has 31 heavy (non-hydrogen) atoms. The summed E-state index contributed by atoms with van der Waals surface area (Å²) in [5, 5.41) is 4.24. The molecule has 1 aliphatic rings. The molecule has 0 bridgehead atoms. The highest BCUT2D eigenvalue weighted by molar-refractivity contribution is 7.98. The van der Waals surface area contributed by atoms with E-state index in [-0.39, 0.29) is 15.5 Å². The number of rotatable bonds is 8. The van der Waals surface area contributed by atoms with Crippen LogP contribution in [0.2, 0.25) is 15.1 Å². The number of halogens is 3. The summed E-state index contributed by atoms with van der Waals surface area (Å²) in [6.07, 6.45) is 2.72. The van der Waals surface area contributed by atoms with Gasteiger partial charge in [0.15, 0.2) is 0 Å². The lowest BCUT2D eigenvalue weighted by Gasteiger charge is -2.26. The predicted octanol–water partition coefficient (Wildman–Crippen LogP) is 5.48. The number of thioether (sulfide) groups is 1. The van der Waals surface area contributed by atoms with Gasteiger partial charge < -0.3 is 5.32 Å². The van der Waals surface area contributed by atoms with Gasteiger partial charge in [0, 0.05) is 41.2 Å². The number of benzene rings is 2. The lowest BCUT2D eigenvalue weighted by atomic mass is 10.2. The maximum Gasteiger partial charge on any atom is 0.252 e. The lowest BCUT2D eigenvalue weighted by Crippen LogP contribution is -2.35. The Balaban J connectivity index is 1.58. The van der Waals surface area contributed by atoms with Crippen molar-refractivity contribution in [2.45, 2.75) is 29.9 Å². The summed E-state index contributed by atoms with van der Waals surface area (Å²) >= 11 is 20.1. The van der Waals surface area contributed by atoms with Gasteiger partial charge in [0.2, 0.25) is 10.0 Å². The van der Waals surface area contributed by atoms with Gasteiger partial charge in [0.1, 0.15) is 0 Å². The van der Waals surface area contributed by atoms with Gasteiger partial charge in [-0.05, 0) is 48.7 Å². The summed E-state index contributed by atoms with van der Waals surface area (Å²) in [6.45, 7) is 1.39. The molecule has 0 radical (unpaired) electrons. The van der Waals surface area contributed by atoms with Crippen LogP contribution < -0.4 is 5.32 Å². The fourth-order valence-electron chi connectivity index (χ4n) is 3.27. The Labute approximate surface area is 202 Å². The van der Waals surface area contributed by atoms with E-state index in [9.17, 15) is 13.2 Å². The van der Waals surface area contributed by atoms with E-state index >= 15 is 0 Å². The van der Waals surface area contributed by atoms with Crippen molar-refractivity contribution >= 4 is 62.5 Å². The minimum atomic E-state index is -3.64. The molecule has 1 saturated heterocycles. The highest BCUT2D eigenvalue weighted by Gasteiger charge is 2.27. The van der Waals surface area contributed by atoms with E-state index in [1.54, 1.807) is 30.0 Å². The standard InChI is InChI=1S/C21H23Cl3N2O3S2/c22-18-5-4-6-19(23)17(18)14-30-12-9-25-21(27)16-13-15(7-8-20(16)24)31(28,29)26-10-2-1-3-11-26/h4-8,13H,1-3,9-12,14H2,(H,25,27). The monoisotopic (exact) mass is 520 g/mol. The quantitative estimate of drug-likeness (QED) is 0.467. The number of piperidine rings is 1. The summed E-state index contributed by atoms with van der Waals surface area (Å²) in [5.41, 5.74) is 1.01. The third-order valence-electron chi connectivity index (χ3n) is 4.98. The van der Waals surface area contributed by atoms with E-state index in [0.29, 0.717) is 41.2 Å². The molecule has 1 aliphatic heterocycles. The van der Waals surface area contributed by atoms with Gasteiger partial charge in [0.25, 0.3) is 5.91 Å². The zero-order valence-corrected chi connectivity index (χ0v) is 20.6. The smallest absolute Gasteiger partial charge is 0.252 e. The zero-order valence-electron chi connectivity index (χ0n) is 16.7. The van der Waals surface area contributed by atoms with Crippen LogP contribution in [-0.2, 0) is 15.8 Å². The molecule has 1 N–H and O–H groups in total. The Bertz CT molecular complexity index is 1020. The van der Waals surface area contributed by atoms with Crippen LogP contribution >= 0.6 is 46.6 Å². The first-order valence-corrected chi connectivity index (χ1v) is 13.6. The van der Waals surface area contributed by atoms with Crippen molar-refractivity contribution in [2.75, 3.05) is 25.4 Å². The molecule has 1 heterocycles. The van der Waals surface area contributed by atoms with Crippen LogP contribution in [0.4, 0.5) is 0 Å². The first kappa shape index (κ1) is 24.7. The fraction of sp³-hybridized carbons (Fsp3) is 0.381. The van der Waals surface area contributed by atoms with Crippen LogP contribution in [0.15, 0.2) is 41.3 Å². The predicted molar refractivity (Wildman–Crippen MR) is 129 cm³/mol. The summed E-state index contributed by atoms with van der Waals surface area (Å²) in [7, 11) is -3.64. The lowest BCUT2D eigenvalue weighted by molar-refractivity contribution is 0.0956. The Hall–Kier alpha value is -0.960. The van der Waals surface area contributed by atoms with Gasteiger partial charge in [0.05, 0.1) is 15.5 Å². The van der Waals surface area contributed by atoms with E-state index in [2.05, 4.69) is 5.32 Å². The molecule has 10 heteroatoms. The van der Waals surface area contributed by atoms with Gasteiger partial charge >= 0.3 is 0 Å². The topological polar surface area (TPSA) is 66.5 Å². The number of amides is 1. The second kappa shape index (κ2) is 11.3. The zero-order chi connectivity index (χ0) is 22.4. The highest BCUT2D eigenvalue weighted by atomic mass is 35.5. The molecule has 0 unspecified atom stereocenters. The van der Waals surface area contributed by atoms with Crippen molar-refractivity contribution < 1.29 is 13.2 Å². The average Bonchev–Trinajstić information content (AvgIpc) is 2.76. The maximum atomic E-state index is 12.9. The van der Waals surface area contributed by atoms with Gasteiger partial charge in [-0.1, -0.05) is 47.3 Å². The van der Waals surface area contributed by atoms with Crippen LogP contribution in [-0.4, -0.2) is 44.0 Å². The number of nitrogens with one attached hydrogen (secondary N) is 1. The third kappa shape index (κ3) is 6.30. The molecule has 0 aromatic heterocycles. The number of hydrogen-bond donors (Lipinski definition) is 1. The number of hydrogen-bond acceptors (Lipinski definition) is 4. The molecule has 2 aromatic carbocycles. The van der Waals surface area contributed by atoms with Crippen molar-refractivity contribution in [1.29, 1.82) is 0 Å². The summed E-state index contributed by atoms with van der Waals surface area (Å²) in [5.74, 6) is 0.854. The molecule has 0 aliphatic carbocycles. The van der Waals surface area contributed by atoms with Crippen molar-refractivity contribution in [2.24, 2.45) is 0 Å². The van der Waals surface area contributed by atoms with Gasteiger partial charge in [-0.15, -0.1) is 0 Å². The largest absolute Gasteiger partial charge is 0.351 e. The molecule has 1 fully saturated rings. The van der Waals surface area contributed by atoms with Gasteiger partial charge in [-0.3, -0.25) is 4.79 Å². The second-order valence-corrected chi connectivity index (χ2v) is 11.4. The average molecular weight is 522 g/mol. The minimum Gasteiger partial charge on any atom is -0.351 e. The molecule has 5 nitrogen and oxygen atoms in total. The molecule has 0 atom stereocenters. The SMILES string of the molecule is O=C(NCCSCc1c(Cl)cccc1Cl)c1cc(S(=O)(=O)N2CCCCC2)ccc1Cl. The van der Waals surface area contributed by atoms with Crippen LogP contribution in [0.25, 0.3) is 0 Å². The summed E-state index contributed by atoms with van der Waals surface area (Å²) in [4.78, 5) is 12.7. The van der Waals surface area contributed by atoms with Gasteiger partial charge in [-0.25, -0.2) is 8.42 Å². The van der Waals surface area contributed by atoms with Crippen LogP contribution in [0.1, 0.15) is 35.2 Å². The van der Waals surface area contributed by atoms with Crippen LogP contribution in [0, 0.1) is 0 Å². The minimum absolute atomic E-state index is 0.0895. The van der Waals surface area contributed by atoms with Crippen molar-refractivity contribution in [1.82, 2.24) is 9.62 Å². The fourth-order valence-corrected chi connectivity index (χ4v) is 6.61. The summed E-state index contributed by atoms with van der Waals surface area (Å²) < 4.78 is 27.2. The maximum absolute atomic E-state index is 12.9. The Kier molecular flexibility index (Phi) is 8.96. The Morgan fingerprint density at radius 3 is 2.35 bits per heavy atom. The molecule has 0 saturated carbocycles. The molecular formula is C21H23Cl3N2O3S2. The number of carbonyl (C=O) groups excluding carboxylic acids is 1. The van der Waals surface area contributed by atoms with Crippen LogP contribution in [0.3, 0.4) is 0 Å². The highest BCUT2D eigenvalue weighted by Crippen LogP contribution is 2.28. The normalized spacial score (nSPS) is 15.1. The molecule has 0 spiro atoms. The summed E-state index contributed by atoms with van der Waals surface area (Å²) in [6, 6.07) is 9.64. The van der Waals surface area contributed by atoms with Crippen molar-refractivity contribution in [3.8, 4) is 0 Å². The third-order valence-corrected chi connectivity index (χ3v) is 8.89.